The summed E-state index contributed by atoms with van der Waals surface area (Å²) in [5, 5.41) is 3.13. The average Bonchev–Trinajstić information content (AvgIpc) is 2.76. The highest BCUT2D eigenvalue weighted by Gasteiger charge is 2.39. The largest absolute Gasteiger partial charge is 0.373 e. The molecule has 1 aliphatic heterocycles. The second-order valence-electron chi connectivity index (χ2n) is 5.77. The van der Waals surface area contributed by atoms with Crippen LogP contribution in [0.2, 0.25) is 0 Å². The lowest BCUT2D eigenvalue weighted by Gasteiger charge is -2.17. The van der Waals surface area contributed by atoms with Gasteiger partial charge >= 0.3 is 0 Å². The van der Waals surface area contributed by atoms with Gasteiger partial charge in [0.1, 0.15) is 11.9 Å². The molecule has 4 nitrogen and oxygen atoms in total. The van der Waals surface area contributed by atoms with Gasteiger partial charge in [0, 0.05) is 5.69 Å². The molecule has 1 heterocycles. The number of nitrogens with zero attached hydrogens (tertiary/aromatic N) is 1. The summed E-state index contributed by atoms with van der Waals surface area (Å²) < 4.78 is 13.3. The summed E-state index contributed by atoms with van der Waals surface area (Å²) in [6.07, 6.45) is 0.0582. The van der Waals surface area contributed by atoms with E-state index in [4.69, 9.17) is 0 Å². The van der Waals surface area contributed by atoms with E-state index in [9.17, 15) is 14.0 Å². The molecule has 0 aromatic heterocycles. The number of carbonyl (C=O) groups excluding carboxylic acids is 2. The number of benzene rings is 2. The summed E-state index contributed by atoms with van der Waals surface area (Å²) >= 11 is 0. The zero-order chi connectivity index (χ0) is 16.6. The maximum Gasteiger partial charge on any atom is 0.256 e. The van der Waals surface area contributed by atoms with Gasteiger partial charge in [-0.2, -0.15) is 0 Å². The summed E-state index contributed by atoms with van der Waals surface area (Å²) in [4.78, 5) is 25.8. The van der Waals surface area contributed by atoms with Crippen LogP contribution in [0.1, 0.15) is 17.5 Å². The van der Waals surface area contributed by atoms with Gasteiger partial charge in [0.2, 0.25) is 5.91 Å². The number of hydrogen-bond donors (Lipinski definition) is 1. The van der Waals surface area contributed by atoms with E-state index in [0.717, 1.165) is 21.7 Å². The Morgan fingerprint density at radius 2 is 1.91 bits per heavy atom. The van der Waals surface area contributed by atoms with Crippen molar-refractivity contribution in [2.75, 3.05) is 10.2 Å². The van der Waals surface area contributed by atoms with Crippen molar-refractivity contribution >= 4 is 23.2 Å². The highest BCUT2D eigenvalue weighted by molar-refractivity contribution is 6.23. The van der Waals surface area contributed by atoms with Crippen LogP contribution in [0.15, 0.2) is 42.5 Å². The van der Waals surface area contributed by atoms with Crippen LogP contribution in [-0.4, -0.2) is 17.9 Å². The Morgan fingerprint density at radius 1 is 1.13 bits per heavy atom. The summed E-state index contributed by atoms with van der Waals surface area (Å²) in [6.45, 7) is 3.94. The molecule has 0 spiro atoms. The number of rotatable bonds is 3. The van der Waals surface area contributed by atoms with Gasteiger partial charge in [0.15, 0.2) is 0 Å². The first-order valence-electron chi connectivity index (χ1n) is 7.42. The predicted octanol–water partition coefficient (Wildman–Crippen LogP) is 3.19. The fourth-order valence-corrected chi connectivity index (χ4v) is 2.79. The zero-order valence-electron chi connectivity index (χ0n) is 13.0. The summed E-state index contributed by atoms with van der Waals surface area (Å²) in [7, 11) is 0. The van der Waals surface area contributed by atoms with Gasteiger partial charge in [-0.25, -0.2) is 9.29 Å². The maximum atomic E-state index is 13.3. The lowest BCUT2D eigenvalue weighted by Crippen LogP contribution is -2.35. The predicted molar refractivity (Wildman–Crippen MR) is 86.8 cm³/mol. The van der Waals surface area contributed by atoms with Crippen molar-refractivity contribution < 1.29 is 14.0 Å². The van der Waals surface area contributed by atoms with Crippen molar-refractivity contribution in [1.29, 1.82) is 0 Å². The van der Waals surface area contributed by atoms with Crippen molar-refractivity contribution in [2.24, 2.45) is 0 Å². The highest BCUT2D eigenvalue weighted by Crippen LogP contribution is 2.26. The Kier molecular flexibility index (Phi) is 3.86. The van der Waals surface area contributed by atoms with E-state index >= 15 is 0 Å². The first-order chi connectivity index (χ1) is 11.0. The van der Waals surface area contributed by atoms with Crippen molar-refractivity contribution in [2.45, 2.75) is 26.3 Å². The van der Waals surface area contributed by atoms with Crippen molar-refractivity contribution in [3.05, 3.63) is 59.4 Å². The third-order valence-electron chi connectivity index (χ3n) is 3.92. The molecule has 3 rings (SSSR count). The number of hydrogen-bond acceptors (Lipinski definition) is 3. The molecule has 0 radical (unpaired) electrons. The molecule has 118 valence electrons. The molecule has 2 aromatic rings. The van der Waals surface area contributed by atoms with Crippen molar-refractivity contribution in [3.63, 3.8) is 0 Å². The number of halogens is 1. The molecule has 1 fully saturated rings. The van der Waals surface area contributed by atoms with Crippen molar-refractivity contribution in [1.82, 2.24) is 0 Å². The molecule has 1 N–H and O–H groups in total. The molecule has 5 heteroatoms. The van der Waals surface area contributed by atoms with E-state index in [1.165, 1.54) is 18.2 Å². The lowest BCUT2D eigenvalue weighted by molar-refractivity contribution is -0.121. The Hall–Kier alpha value is -2.69. The first kappa shape index (κ1) is 15.2. The molecule has 0 aliphatic carbocycles. The topological polar surface area (TPSA) is 49.4 Å². The van der Waals surface area contributed by atoms with E-state index in [1.54, 1.807) is 6.07 Å². The second kappa shape index (κ2) is 5.83. The molecule has 1 atom stereocenters. The fraction of sp³-hybridized carbons (Fsp3) is 0.222. The van der Waals surface area contributed by atoms with Crippen LogP contribution < -0.4 is 10.2 Å². The van der Waals surface area contributed by atoms with Crippen LogP contribution in [0.25, 0.3) is 0 Å². The lowest BCUT2D eigenvalue weighted by atomic mass is 10.1. The number of nitrogens with one attached hydrogen (secondary N) is 1. The van der Waals surface area contributed by atoms with Gasteiger partial charge < -0.3 is 5.32 Å². The van der Waals surface area contributed by atoms with E-state index < -0.39 is 11.9 Å². The van der Waals surface area contributed by atoms with Gasteiger partial charge in [-0.3, -0.25) is 9.59 Å². The third kappa shape index (κ3) is 2.95. The smallest absolute Gasteiger partial charge is 0.256 e. The van der Waals surface area contributed by atoms with Gasteiger partial charge in [-0.1, -0.05) is 23.8 Å². The van der Waals surface area contributed by atoms with E-state index in [0.29, 0.717) is 0 Å². The van der Waals surface area contributed by atoms with Crippen LogP contribution in [0.5, 0.6) is 0 Å². The quantitative estimate of drug-likeness (QED) is 0.886. The Balaban J connectivity index is 1.84. The van der Waals surface area contributed by atoms with Crippen LogP contribution in [-0.2, 0) is 9.59 Å². The molecule has 23 heavy (non-hydrogen) atoms. The van der Waals surface area contributed by atoms with Crippen LogP contribution in [0.4, 0.5) is 15.8 Å². The van der Waals surface area contributed by atoms with E-state index in [-0.39, 0.29) is 23.9 Å². The highest BCUT2D eigenvalue weighted by atomic mass is 19.1. The molecular formula is C18H17FN2O2. The Bertz CT molecular complexity index is 788. The summed E-state index contributed by atoms with van der Waals surface area (Å²) in [5.41, 5.74) is 3.23. The fourth-order valence-electron chi connectivity index (χ4n) is 2.79. The number of amides is 2. The minimum absolute atomic E-state index is 0.0582. The maximum absolute atomic E-state index is 13.3. The molecule has 1 saturated heterocycles. The Morgan fingerprint density at radius 3 is 2.61 bits per heavy atom. The van der Waals surface area contributed by atoms with Crippen molar-refractivity contribution in [3.8, 4) is 0 Å². The molecule has 0 saturated carbocycles. The minimum Gasteiger partial charge on any atom is -0.373 e. The van der Waals surface area contributed by atoms with Crippen LogP contribution in [0, 0.1) is 19.7 Å². The summed E-state index contributed by atoms with van der Waals surface area (Å²) in [5.74, 6) is -1.17. The number of anilines is 2. The first-order valence-corrected chi connectivity index (χ1v) is 7.42. The van der Waals surface area contributed by atoms with Gasteiger partial charge in [0.05, 0.1) is 12.1 Å². The van der Waals surface area contributed by atoms with Gasteiger partial charge in [0.25, 0.3) is 5.91 Å². The number of aryl methyl sites for hydroxylation is 2. The minimum atomic E-state index is -0.632. The molecule has 0 bridgehead atoms. The standard InChI is InChI=1S/C18H17FN2O2/c1-11-6-7-15(12(2)8-11)20-16-10-17(22)21(18(16)23)14-5-3-4-13(19)9-14/h3-9,16,20H,10H2,1-2H3. The van der Waals surface area contributed by atoms with Gasteiger partial charge in [-0.15, -0.1) is 0 Å². The monoisotopic (exact) mass is 312 g/mol. The third-order valence-corrected chi connectivity index (χ3v) is 3.92. The van der Waals surface area contributed by atoms with Crippen LogP contribution in [0.3, 0.4) is 0 Å². The molecule has 1 aliphatic rings. The SMILES string of the molecule is Cc1ccc(NC2CC(=O)N(c3cccc(F)c3)C2=O)c(C)c1. The van der Waals surface area contributed by atoms with E-state index in [2.05, 4.69) is 5.32 Å². The normalized spacial score (nSPS) is 17.7. The molecule has 1 unspecified atom stereocenters. The Labute approximate surface area is 133 Å². The average molecular weight is 312 g/mol. The second-order valence-corrected chi connectivity index (χ2v) is 5.77. The zero-order valence-corrected chi connectivity index (χ0v) is 13.0. The molecular weight excluding hydrogens is 295 g/mol. The van der Waals surface area contributed by atoms with Gasteiger partial charge in [-0.05, 0) is 43.7 Å². The number of carbonyl (C=O) groups is 2. The summed E-state index contributed by atoms with van der Waals surface area (Å²) in [6, 6.07) is 10.7. The molecule has 2 amide bonds. The van der Waals surface area contributed by atoms with E-state index in [1.807, 2.05) is 32.0 Å². The van der Waals surface area contributed by atoms with Crippen LogP contribution >= 0.6 is 0 Å². The molecule has 2 aromatic carbocycles. The number of imide groups is 1.